The molecule has 1 N–H and O–H groups in total. The van der Waals surface area contributed by atoms with E-state index >= 15 is 0 Å². The summed E-state index contributed by atoms with van der Waals surface area (Å²) >= 11 is 0. The van der Waals surface area contributed by atoms with Gasteiger partial charge in [-0.15, -0.1) is 0 Å². The topological polar surface area (TPSA) is 108 Å². The van der Waals surface area contributed by atoms with Crippen molar-refractivity contribution in [1.29, 1.82) is 0 Å². The molecule has 0 fully saturated rings. The molecule has 0 saturated carbocycles. The van der Waals surface area contributed by atoms with Crippen molar-refractivity contribution >= 4 is 17.9 Å². The number of carbonyl (C=O) groups is 3. The predicted molar refractivity (Wildman–Crippen MR) is 309 cm³/mol. The van der Waals surface area contributed by atoms with Gasteiger partial charge in [-0.25, -0.2) is 4.79 Å². The number of esters is 2. The zero-order valence-electron chi connectivity index (χ0n) is 49.1. The predicted octanol–water partition coefficient (Wildman–Crippen LogP) is 18.7. The molecule has 0 aromatic rings. The van der Waals surface area contributed by atoms with Gasteiger partial charge in [-0.05, 0) is 44.9 Å². The monoisotopic (exact) mass is 1030 g/mol. The van der Waals surface area contributed by atoms with Gasteiger partial charge in [-0.2, -0.15) is 0 Å². The molecule has 430 valence electrons. The van der Waals surface area contributed by atoms with Crippen molar-refractivity contribution in [2.24, 2.45) is 0 Å². The Balaban J connectivity index is 4.04. The lowest BCUT2D eigenvalue weighted by Crippen LogP contribution is -2.40. The van der Waals surface area contributed by atoms with Crippen LogP contribution in [0.4, 0.5) is 0 Å². The van der Waals surface area contributed by atoms with Gasteiger partial charge >= 0.3 is 17.9 Å². The highest BCUT2D eigenvalue weighted by molar-refractivity contribution is 5.71. The van der Waals surface area contributed by atoms with Gasteiger partial charge in [0, 0.05) is 12.8 Å². The molecular formula is C64H122NO8+. The maximum atomic E-state index is 12.8. The second-order valence-corrected chi connectivity index (χ2v) is 22.7. The van der Waals surface area contributed by atoms with Gasteiger partial charge in [-0.3, -0.25) is 9.59 Å². The Morgan fingerprint density at radius 2 is 0.740 bits per heavy atom. The zero-order valence-corrected chi connectivity index (χ0v) is 49.1. The summed E-state index contributed by atoms with van der Waals surface area (Å²) in [5.41, 5.74) is 0. The second kappa shape index (κ2) is 56.0. The van der Waals surface area contributed by atoms with Gasteiger partial charge in [0.2, 0.25) is 0 Å². The second-order valence-electron chi connectivity index (χ2n) is 22.7. The average molecular weight is 1030 g/mol. The smallest absolute Gasteiger partial charge is 0.361 e. The van der Waals surface area contributed by atoms with Crippen molar-refractivity contribution < 1.29 is 42.9 Å². The van der Waals surface area contributed by atoms with Crippen molar-refractivity contribution in [3.63, 3.8) is 0 Å². The lowest BCUT2D eigenvalue weighted by atomic mass is 10.0. The minimum absolute atomic E-state index is 0.183. The first kappa shape index (κ1) is 70.8. The summed E-state index contributed by atoms with van der Waals surface area (Å²) in [6.45, 7) is 4.89. The summed E-state index contributed by atoms with van der Waals surface area (Å²) in [4.78, 5) is 37.4. The normalized spacial score (nSPS) is 12.8. The Bertz CT molecular complexity index is 1250. The van der Waals surface area contributed by atoms with Gasteiger partial charge < -0.3 is 28.5 Å². The van der Waals surface area contributed by atoms with Crippen LogP contribution in [0.25, 0.3) is 0 Å². The van der Waals surface area contributed by atoms with E-state index in [2.05, 4.69) is 38.2 Å². The molecule has 0 saturated heterocycles. The van der Waals surface area contributed by atoms with Crippen molar-refractivity contribution in [2.75, 3.05) is 47.5 Å². The lowest BCUT2D eigenvalue weighted by Gasteiger charge is -2.25. The van der Waals surface area contributed by atoms with E-state index in [9.17, 15) is 19.5 Å². The Labute approximate surface area is 452 Å². The van der Waals surface area contributed by atoms with Crippen LogP contribution in [0.3, 0.4) is 0 Å². The van der Waals surface area contributed by atoms with Crippen molar-refractivity contribution in [1.82, 2.24) is 0 Å². The van der Waals surface area contributed by atoms with Crippen LogP contribution in [0.1, 0.15) is 309 Å². The van der Waals surface area contributed by atoms with Crippen LogP contribution >= 0.6 is 0 Å². The van der Waals surface area contributed by atoms with Crippen LogP contribution in [-0.2, 0) is 33.3 Å². The first-order valence-electron chi connectivity index (χ1n) is 31.5. The number of nitrogens with zero attached hydrogens (tertiary/aromatic N) is 1. The summed E-state index contributed by atoms with van der Waals surface area (Å²) in [7, 11) is 5.97. The van der Waals surface area contributed by atoms with Crippen LogP contribution < -0.4 is 0 Å². The first-order chi connectivity index (χ1) is 35.6. The molecule has 0 aliphatic rings. The van der Waals surface area contributed by atoms with Gasteiger partial charge in [0.1, 0.15) is 13.2 Å². The fourth-order valence-electron chi connectivity index (χ4n) is 9.34. The number of rotatable bonds is 59. The molecule has 9 heteroatoms. The first-order valence-corrected chi connectivity index (χ1v) is 31.5. The van der Waals surface area contributed by atoms with Crippen LogP contribution in [-0.4, -0.2) is 87.4 Å². The maximum Gasteiger partial charge on any atom is 0.361 e. The summed E-state index contributed by atoms with van der Waals surface area (Å²) in [5.74, 6) is -2.00. The number of allylic oxidation sites excluding steroid dienone is 4. The molecule has 0 aromatic heterocycles. The van der Waals surface area contributed by atoms with Crippen LogP contribution in [0.15, 0.2) is 24.3 Å². The summed E-state index contributed by atoms with van der Waals surface area (Å²) in [6, 6.07) is 0. The van der Waals surface area contributed by atoms with Crippen molar-refractivity contribution in [3.05, 3.63) is 24.3 Å². The van der Waals surface area contributed by atoms with E-state index in [1.165, 1.54) is 218 Å². The molecule has 2 unspecified atom stereocenters. The lowest BCUT2D eigenvalue weighted by molar-refractivity contribution is -0.870. The SMILES string of the molecule is CCCCCC/C=C\C/C=C\CCCCCCCC(=O)OC(COC(=O)CCCCCCCCCCCCCCCCCCCCCCCCCCCCCCCCCC)COC(OCC[N+](C)(C)C)C(=O)O. The highest BCUT2D eigenvalue weighted by atomic mass is 16.7. The van der Waals surface area contributed by atoms with Crippen LogP contribution in [0.2, 0.25) is 0 Å². The standard InChI is InChI=1S/C64H121NO8/c1-6-8-10-12-14-16-18-20-22-24-25-26-27-28-29-30-31-32-33-34-35-36-37-38-39-41-42-44-46-48-50-52-54-61(66)71-58-60(59-72-64(63(68)69)70-57-56-65(3,4)5)73-62(67)55-53-51-49-47-45-43-40-23-21-19-17-15-13-11-9-7-2/h17,19,23,40,60,64H,6-16,18,20-22,24-39,41-59H2,1-5H3/p+1/b19-17-,40-23-. The van der Waals surface area contributed by atoms with Crippen LogP contribution in [0.5, 0.6) is 0 Å². The zero-order chi connectivity index (χ0) is 53.4. The number of hydrogen-bond acceptors (Lipinski definition) is 7. The molecule has 2 atom stereocenters. The van der Waals surface area contributed by atoms with Gasteiger partial charge in [0.25, 0.3) is 6.29 Å². The molecule has 0 spiro atoms. The van der Waals surface area contributed by atoms with E-state index in [4.69, 9.17) is 18.9 Å². The molecule has 0 rings (SSSR count). The van der Waals surface area contributed by atoms with Crippen molar-refractivity contribution in [2.45, 2.75) is 322 Å². The van der Waals surface area contributed by atoms with E-state index in [0.717, 1.165) is 57.8 Å². The van der Waals surface area contributed by atoms with Gasteiger partial charge in [0.05, 0.1) is 34.4 Å². The number of ether oxygens (including phenoxy) is 4. The summed E-state index contributed by atoms with van der Waals surface area (Å²) in [5, 5.41) is 9.70. The van der Waals surface area contributed by atoms with E-state index in [1.807, 2.05) is 21.1 Å². The summed E-state index contributed by atoms with van der Waals surface area (Å²) in [6.07, 6.45) is 64.3. The number of hydrogen-bond donors (Lipinski definition) is 1. The van der Waals surface area contributed by atoms with Crippen LogP contribution in [0, 0.1) is 0 Å². The average Bonchev–Trinajstić information content (AvgIpc) is 3.36. The summed E-state index contributed by atoms with van der Waals surface area (Å²) < 4.78 is 22.9. The number of carboxylic acid groups (broad SMARTS) is 1. The molecule has 73 heavy (non-hydrogen) atoms. The van der Waals surface area contributed by atoms with Crippen molar-refractivity contribution in [3.8, 4) is 0 Å². The highest BCUT2D eigenvalue weighted by Crippen LogP contribution is 2.18. The number of unbranched alkanes of at least 4 members (excludes halogenated alkanes) is 40. The van der Waals surface area contributed by atoms with E-state index in [0.29, 0.717) is 23.9 Å². The molecule has 0 amide bonds. The Hall–Kier alpha value is -2.23. The minimum Gasteiger partial charge on any atom is -0.477 e. The number of quaternary nitrogens is 1. The van der Waals surface area contributed by atoms with E-state index in [1.54, 1.807) is 0 Å². The molecule has 0 aromatic carbocycles. The fraction of sp³-hybridized carbons (Fsp3) is 0.891. The van der Waals surface area contributed by atoms with Gasteiger partial charge in [-0.1, -0.05) is 276 Å². The molecule has 0 aliphatic heterocycles. The third kappa shape index (κ3) is 57.3. The van der Waals surface area contributed by atoms with E-state index < -0.39 is 24.3 Å². The number of likely N-dealkylation sites (N-methyl/N-ethyl adjacent to an activating group) is 1. The highest BCUT2D eigenvalue weighted by Gasteiger charge is 2.25. The molecule has 0 bridgehead atoms. The maximum absolute atomic E-state index is 12.8. The van der Waals surface area contributed by atoms with E-state index in [-0.39, 0.29) is 32.2 Å². The Morgan fingerprint density at radius 1 is 0.411 bits per heavy atom. The number of carbonyl (C=O) groups excluding carboxylic acids is 2. The number of aliphatic carboxylic acids is 1. The fourth-order valence-corrected chi connectivity index (χ4v) is 9.34. The number of carboxylic acids is 1. The Morgan fingerprint density at radius 3 is 1.10 bits per heavy atom. The quantitative estimate of drug-likeness (QED) is 0.0211. The molecular weight excluding hydrogens is 911 g/mol. The minimum atomic E-state index is -1.51. The van der Waals surface area contributed by atoms with Gasteiger partial charge in [0.15, 0.2) is 6.10 Å². The largest absolute Gasteiger partial charge is 0.477 e. The third-order valence-electron chi connectivity index (χ3n) is 14.2. The molecule has 0 aliphatic carbocycles. The molecule has 0 heterocycles. The Kier molecular flexibility index (Phi) is 54.3. The molecule has 0 radical (unpaired) electrons. The molecule has 9 nitrogen and oxygen atoms in total. The third-order valence-corrected chi connectivity index (χ3v) is 14.2.